The molecule has 0 saturated carbocycles. The first kappa shape index (κ1) is 9.26. The minimum absolute atomic E-state index is 0.347. The predicted octanol–water partition coefficient (Wildman–Crippen LogP) is -1.14. The molecule has 1 fully saturated rings. The second kappa shape index (κ2) is 3.83. The van der Waals surface area contributed by atoms with Crippen molar-refractivity contribution in [2.45, 2.75) is 19.4 Å². The van der Waals surface area contributed by atoms with Crippen molar-refractivity contribution in [1.82, 2.24) is 20.1 Å². The summed E-state index contributed by atoms with van der Waals surface area (Å²) in [5.74, 6) is 0.387. The van der Waals surface area contributed by atoms with Crippen LogP contribution in [0.3, 0.4) is 0 Å². The number of hydrogen-bond donors (Lipinski definition) is 3. The highest BCUT2D eigenvalue weighted by atomic mass is 16.2. The van der Waals surface area contributed by atoms with Gasteiger partial charge in [0.25, 0.3) is 0 Å². The van der Waals surface area contributed by atoms with Crippen LogP contribution < -0.4 is 16.7 Å². The van der Waals surface area contributed by atoms with Crippen LogP contribution in [0, 0.1) is 5.92 Å². The summed E-state index contributed by atoms with van der Waals surface area (Å²) < 4.78 is 1.22. The van der Waals surface area contributed by atoms with E-state index < -0.39 is 0 Å². The highest BCUT2D eigenvalue weighted by Gasteiger charge is 2.15. The molecule has 1 unspecified atom stereocenters. The van der Waals surface area contributed by atoms with Gasteiger partial charge in [0, 0.05) is 6.54 Å². The van der Waals surface area contributed by atoms with Crippen LogP contribution >= 0.6 is 0 Å². The van der Waals surface area contributed by atoms with Gasteiger partial charge in [-0.3, -0.25) is 0 Å². The molecule has 1 aliphatic heterocycles. The lowest BCUT2D eigenvalue weighted by Crippen LogP contribution is -2.37. The first-order valence-corrected chi connectivity index (χ1v) is 4.85. The Labute approximate surface area is 80.3 Å². The lowest BCUT2D eigenvalue weighted by Gasteiger charge is -2.21. The van der Waals surface area contributed by atoms with Gasteiger partial charge in [-0.05, 0) is 31.8 Å². The topological polar surface area (TPSA) is 82.7 Å². The molecular weight excluding hydrogens is 184 g/mol. The van der Waals surface area contributed by atoms with Gasteiger partial charge in [0.1, 0.15) is 0 Å². The average molecular weight is 198 g/mol. The van der Waals surface area contributed by atoms with Gasteiger partial charge in [0.05, 0.1) is 0 Å². The summed E-state index contributed by atoms with van der Waals surface area (Å²) in [6, 6.07) is 0. The molecular formula is C8H14N4O2. The molecule has 1 aliphatic rings. The summed E-state index contributed by atoms with van der Waals surface area (Å²) in [4.78, 5) is 22.3. The summed E-state index contributed by atoms with van der Waals surface area (Å²) in [6.45, 7) is 2.43. The highest BCUT2D eigenvalue weighted by Crippen LogP contribution is 2.10. The van der Waals surface area contributed by atoms with Gasteiger partial charge in [0.15, 0.2) is 0 Å². The van der Waals surface area contributed by atoms with Crippen LogP contribution in [0.2, 0.25) is 0 Å². The quantitative estimate of drug-likeness (QED) is 0.562. The maximum atomic E-state index is 11.2. The Hall–Kier alpha value is -1.30. The van der Waals surface area contributed by atoms with E-state index in [2.05, 4.69) is 15.5 Å². The van der Waals surface area contributed by atoms with E-state index in [1.54, 1.807) is 0 Å². The molecule has 6 heteroatoms. The predicted molar refractivity (Wildman–Crippen MR) is 51.3 cm³/mol. The smallest absolute Gasteiger partial charge is 0.316 e. The van der Waals surface area contributed by atoms with E-state index >= 15 is 0 Å². The molecule has 0 spiro atoms. The Bertz CT molecular complexity index is 368. The molecule has 1 aromatic heterocycles. The summed E-state index contributed by atoms with van der Waals surface area (Å²) in [5, 5.41) is 7.80. The van der Waals surface area contributed by atoms with Crippen LogP contribution in [0.1, 0.15) is 12.8 Å². The van der Waals surface area contributed by atoms with Crippen molar-refractivity contribution in [2.24, 2.45) is 5.92 Å². The van der Waals surface area contributed by atoms with Crippen molar-refractivity contribution in [1.29, 1.82) is 0 Å². The third-order valence-electron chi connectivity index (χ3n) is 2.61. The van der Waals surface area contributed by atoms with E-state index in [0.29, 0.717) is 12.5 Å². The zero-order valence-electron chi connectivity index (χ0n) is 7.88. The van der Waals surface area contributed by atoms with Gasteiger partial charge in [-0.1, -0.05) is 0 Å². The molecule has 2 rings (SSSR count). The Kier molecular flexibility index (Phi) is 2.53. The number of aromatic nitrogens is 3. The van der Waals surface area contributed by atoms with Crippen molar-refractivity contribution in [3.05, 3.63) is 21.0 Å². The minimum atomic E-state index is -0.347. The van der Waals surface area contributed by atoms with E-state index in [1.807, 2.05) is 0 Å². The number of nitrogens with one attached hydrogen (secondary N) is 3. The molecule has 0 bridgehead atoms. The van der Waals surface area contributed by atoms with E-state index in [-0.39, 0.29) is 11.4 Å². The molecule has 14 heavy (non-hydrogen) atoms. The van der Waals surface area contributed by atoms with Crippen LogP contribution in [0.4, 0.5) is 0 Å². The molecule has 6 nitrogen and oxygen atoms in total. The Balaban J connectivity index is 2.09. The van der Waals surface area contributed by atoms with Crippen molar-refractivity contribution in [3.8, 4) is 0 Å². The maximum absolute atomic E-state index is 11.2. The normalized spacial score (nSPS) is 22.4. The standard InChI is InChI=1S/C8H14N4O2/c13-7-10-11-8(14)12(7)5-6-2-1-3-9-4-6/h6,9H,1-5H2,(H,10,13)(H,11,14). The van der Waals surface area contributed by atoms with Gasteiger partial charge in [0.2, 0.25) is 0 Å². The lowest BCUT2D eigenvalue weighted by molar-refractivity contribution is 0.331. The number of nitrogens with zero attached hydrogens (tertiary/aromatic N) is 1. The average Bonchev–Trinajstić information content (AvgIpc) is 2.51. The van der Waals surface area contributed by atoms with Gasteiger partial charge in [-0.2, -0.15) is 0 Å². The zero-order chi connectivity index (χ0) is 9.97. The zero-order valence-corrected chi connectivity index (χ0v) is 7.88. The van der Waals surface area contributed by atoms with Gasteiger partial charge >= 0.3 is 11.4 Å². The number of piperidine rings is 1. The Morgan fingerprint density at radius 2 is 2.00 bits per heavy atom. The first-order chi connectivity index (χ1) is 6.77. The molecule has 78 valence electrons. The van der Waals surface area contributed by atoms with E-state index in [9.17, 15) is 9.59 Å². The fraction of sp³-hybridized carbons (Fsp3) is 0.750. The molecule has 3 N–H and O–H groups in total. The fourth-order valence-corrected chi connectivity index (χ4v) is 1.84. The SMILES string of the molecule is O=c1[nH][nH]c(=O)n1CC1CCCNC1. The third-order valence-corrected chi connectivity index (χ3v) is 2.61. The molecule has 0 aromatic carbocycles. The fourth-order valence-electron chi connectivity index (χ4n) is 1.84. The monoisotopic (exact) mass is 198 g/mol. The van der Waals surface area contributed by atoms with Crippen molar-refractivity contribution < 1.29 is 0 Å². The third kappa shape index (κ3) is 1.79. The lowest BCUT2D eigenvalue weighted by atomic mass is 10.00. The highest BCUT2D eigenvalue weighted by molar-refractivity contribution is 4.73. The van der Waals surface area contributed by atoms with Crippen LogP contribution in [-0.2, 0) is 6.54 Å². The van der Waals surface area contributed by atoms with Crippen molar-refractivity contribution in [2.75, 3.05) is 13.1 Å². The van der Waals surface area contributed by atoms with Gasteiger partial charge < -0.3 is 5.32 Å². The largest absolute Gasteiger partial charge is 0.344 e. The molecule has 0 radical (unpaired) electrons. The molecule has 0 amide bonds. The van der Waals surface area contributed by atoms with Crippen molar-refractivity contribution >= 4 is 0 Å². The number of rotatable bonds is 2. The summed E-state index contributed by atoms with van der Waals surface area (Å²) in [5.41, 5.74) is -0.693. The van der Waals surface area contributed by atoms with Crippen molar-refractivity contribution in [3.63, 3.8) is 0 Å². The Morgan fingerprint density at radius 3 is 2.57 bits per heavy atom. The van der Waals surface area contributed by atoms with E-state index in [4.69, 9.17) is 0 Å². The van der Waals surface area contributed by atoms with Gasteiger partial charge in [-0.25, -0.2) is 24.4 Å². The minimum Gasteiger partial charge on any atom is -0.316 e. The van der Waals surface area contributed by atoms with E-state index in [0.717, 1.165) is 25.9 Å². The van der Waals surface area contributed by atoms with Crippen LogP contribution in [0.5, 0.6) is 0 Å². The van der Waals surface area contributed by atoms with Gasteiger partial charge in [-0.15, -0.1) is 0 Å². The maximum Gasteiger partial charge on any atom is 0.344 e. The first-order valence-electron chi connectivity index (χ1n) is 4.85. The second-order valence-electron chi connectivity index (χ2n) is 3.68. The molecule has 0 aliphatic carbocycles. The summed E-state index contributed by atoms with van der Waals surface area (Å²) >= 11 is 0. The van der Waals surface area contributed by atoms with E-state index in [1.165, 1.54) is 4.57 Å². The van der Waals surface area contributed by atoms with Crippen LogP contribution in [-0.4, -0.2) is 27.9 Å². The van der Waals surface area contributed by atoms with Crippen LogP contribution in [0.15, 0.2) is 9.59 Å². The number of H-pyrrole nitrogens is 2. The Morgan fingerprint density at radius 1 is 1.29 bits per heavy atom. The molecule has 1 atom stereocenters. The molecule has 1 aromatic rings. The molecule has 1 saturated heterocycles. The number of aromatic amines is 2. The second-order valence-corrected chi connectivity index (χ2v) is 3.68. The number of hydrogen-bond acceptors (Lipinski definition) is 3. The summed E-state index contributed by atoms with van der Waals surface area (Å²) in [7, 11) is 0. The molecule has 2 heterocycles. The summed E-state index contributed by atoms with van der Waals surface area (Å²) in [6.07, 6.45) is 2.19. The van der Waals surface area contributed by atoms with Crippen LogP contribution in [0.25, 0.3) is 0 Å².